The number of aryl methyl sites for hydroxylation is 1. The second-order valence-electron chi connectivity index (χ2n) is 4.67. The maximum absolute atomic E-state index is 13.5. The molecule has 2 aromatic rings. The van der Waals surface area contributed by atoms with Crippen LogP contribution in [0.5, 0.6) is 0 Å². The summed E-state index contributed by atoms with van der Waals surface area (Å²) in [5.74, 6) is 0.690. The summed E-state index contributed by atoms with van der Waals surface area (Å²) in [6.07, 6.45) is 0. The van der Waals surface area contributed by atoms with Crippen LogP contribution in [0.2, 0.25) is 0 Å². The SMILES string of the molecule is CNC(CSc1ccc(Br)cc1)c1cc(C)cc(F)c1. The molecule has 0 spiro atoms. The van der Waals surface area contributed by atoms with Gasteiger partial charge in [-0.3, -0.25) is 0 Å². The molecule has 20 heavy (non-hydrogen) atoms. The van der Waals surface area contributed by atoms with E-state index in [1.807, 2.05) is 32.2 Å². The van der Waals surface area contributed by atoms with Crippen LogP contribution in [0.25, 0.3) is 0 Å². The fraction of sp³-hybridized carbons (Fsp3) is 0.250. The van der Waals surface area contributed by atoms with E-state index in [1.165, 1.54) is 4.90 Å². The fourth-order valence-electron chi connectivity index (χ4n) is 2.02. The minimum Gasteiger partial charge on any atom is -0.312 e. The van der Waals surface area contributed by atoms with Crippen molar-refractivity contribution in [2.75, 3.05) is 12.8 Å². The lowest BCUT2D eigenvalue weighted by atomic mass is 10.1. The first-order chi connectivity index (χ1) is 9.58. The standard InChI is InChI=1S/C16H17BrFNS/c1-11-7-12(9-14(18)8-11)16(19-2)10-20-15-5-3-13(17)4-6-15/h3-9,16,19H,10H2,1-2H3. The Morgan fingerprint density at radius 2 is 1.90 bits per heavy atom. The summed E-state index contributed by atoms with van der Waals surface area (Å²) >= 11 is 5.19. The van der Waals surface area contributed by atoms with Gasteiger partial charge in [0, 0.05) is 21.2 Å². The number of thioether (sulfide) groups is 1. The summed E-state index contributed by atoms with van der Waals surface area (Å²) in [6.45, 7) is 1.92. The molecule has 4 heteroatoms. The van der Waals surface area contributed by atoms with Gasteiger partial charge in [-0.05, 0) is 61.5 Å². The summed E-state index contributed by atoms with van der Waals surface area (Å²) < 4.78 is 14.6. The van der Waals surface area contributed by atoms with Crippen molar-refractivity contribution < 1.29 is 4.39 Å². The first-order valence-electron chi connectivity index (χ1n) is 6.41. The summed E-state index contributed by atoms with van der Waals surface area (Å²) in [4.78, 5) is 1.21. The second-order valence-corrected chi connectivity index (χ2v) is 6.68. The Bertz CT molecular complexity index is 551. The Balaban J connectivity index is 2.07. The van der Waals surface area contributed by atoms with Crippen molar-refractivity contribution in [3.05, 3.63) is 63.9 Å². The van der Waals surface area contributed by atoms with Crippen LogP contribution in [0.3, 0.4) is 0 Å². The Morgan fingerprint density at radius 3 is 2.50 bits per heavy atom. The summed E-state index contributed by atoms with van der Waals surface area (Å²) in [5.41, 5.74) is 1.95. The van der Waals surface area contributed by atoms with Gasteiger partial charge in [0.15, 0.2) is 0 Å². The minimum absolute atomic E-state index is 0.137. The van der Waals surface area contributed by atoms with Gasteiger partial charge in [-0.15, -0.1) is 11.8 Å². The average Bonchev–Trinajstić information content (AvgIpc) is 2.40. The second kappa shape index (κ2) is 7.25. The zero-order valence-electron chi connectivity index (χ0n) is 11.5. The van der Waals surface area contributed by atoms with E-state index in [4.69, 9.17) is 0 Å². The van der Waals surface area contributed by atoms with E-state index < -0.39 is 0 Å². The molecule has 0 aliphatic rings. The van der Waals surface area contributed by atoms with E-state index in [9.17, 15) is 4.39 Å². The van der Waals surface area contributed by atoms with Crippen molar-refractivity contribution in [3.63, 3.8) is 0 Å². The number of nitrogens with one attached hydrogen (secondary N) is 1. The predicted molar refractivity (Wildman–Crippen MR) is 87.8 cm³/mol. The van der Waals surface area contributed by atoms with Crippen LogP contribution in [0, 0.1) is 12.7 Å². The largest absolute Gasteiger partial charge is 0.312 e. The lowest BCUT2D eigenvalue weighted by Gasteiger charge is -2.17. The molecule has 1 nitrogen and oxygen atoms in total. The van der Waals surface area contributed by atoms with Crippen LogP contribution in [0.1, 0.15) is 17.2 Å². The molecule has 2 aromatic carbocycles. The van der Waals surface area contributed by atoms with Crippen LogP contribution in [0.15, 0.2) is 51.8 Å². The fourth-order valence-corrected chi connectivity index (χ4v) is 3.33. The molecule has 0 aliphatic heterocycles. The molecular formula is C16H17BrFNS. The third kappa shape index (κ3) is 4.33. The lowest BCUT2D eigenvalue weighted by molar-refractivity contribution is 0.609. The zero-order chi connectivity index (χ0) is 14.5. The lowest BCUT2D eigenvalue weighted by Crippen LogP contribution is -2.19. The Kier molecular flexibility index (Phi) is 5.64. The highest BCUT2D eigenvalue weighted by molar-refractivity contribution is 9.10. The van der Waals surface area contributed by atoms with Gasteiger partial charge in [-0.25, -0.2) is 4.39 Å². The van der Waals surface area contributed by atoms with E-state index in [2.05, 4.69) is 33.4 Å². The molecule has 0 bridgehead atoms. The summed E-state index contributed by atoms with van der Waals surface area (Å²) in [6, 6.07) is 13.6. The highest BCUT2D eigenvalue weighted by atomic mass is 79.9. The smallest absolute Gasteiger partial charge is 0.123 e. The molecule has 0 radical (unpaired) electrons. The van der Waals surface area contributed by atoms with Gasteiger partial charge in [0.25, 0.3) is 0 Å². The maximum atomic E-state index is 13.5. The molecule has 2 rings (SSSR count). The van der Waals surface area contributed by atoms with E-state index >= 15 is 0 Å². The highest BCUT2D eigenvalue weighted by Gasteiger charge is 2.11. The van der Waals surface area contributed by atoms with Gasteiger partial charge in [0.05, 0.1) is 0 Å². The van der Waals surface area contributed by atoms with E-state index in [1.54, 1.807) is 23.9 Å². The monoisotopic (exact) mass is 353 g/mol. The molecule has 0 saturated carbocycles. The normalized spacial score (nSPS) is 12.4. The van der Waals surface area contributed by atoms with Crippen molar-refractivity contribution in [2.45, 2.75) is 17.9 Å². The number of benzene rings is 2. The van der Waals surface area contributed by atoms with Gasteiger partial charge in [0.2, 0.25) is 0 Å². The molecule has 1 unspecified atom stereocenters. The quantitative estimate of drug-likeness (QED) is 0.763. The van der Waals surface area contributed by atoms with E-state index in [0.717, 1.165) is 21.4 Å². The van der Waals surface area contributed by atoms with Gasteiger partial charge in [-0.1, -0.05) is 22.0 Å². The predicted octanol–water partition coefficient (Wildman–Crippen LogP) is 4.95. The first kappa shape index (κ1) is 15.5. The van der Waals surface area contributed by atoms with Gasteiger partial charge in [0.1, 0.15) is 5.82 Å². The maximum Gasteiger partial charge on any atom is 0.123 e. The zero-order valence-corrected chi connectivity index (χ0v) is 13.9. The topological polar surface area (TPSA) is 12.0 Å². The molecule has 0 aromatic heterocycles. The number of hydrogen-bond donors (Lipinski definition) is 1. The summed E-state index contributed by atoms with van der Waals surface area (Å²) in [7, 11) is 1.91. The van der Waals surface area contributed by atoms with Crippen molar-refractivity contribution >= 4 is 27.7 Å². The number of hydrogen-bond acceptors (Lipinski definition) is 2. The average molecular weight is 354 g/mol. The van der Waals surface area contributed by atoms with Crippen molar-refractivity contribution in [2.24, 2.45) is 0 Å². The highest BCUT2D eigenvalue weighted by Crippen LogP contribution is 2.26. The summed E-state index contributed by atoms with van der Waals surface area (Å²) in [5, 5.41) is 3.26. The van der Waals surface area contributed by atoms with Crippen LogP contribution in [-0.2, 0) is 0 Å². The van der Waals surface area contributed by atoms with Crippen LogP contribution >= 0.6 is 27.7 Å². The van der Waals surface area contributed by atoms with Crippen molar-refractivity contribution in [1.82, 2.24) is 5.32 Å². The Hall–Kier alpha value is -0.840. The van der Waals surface area contributed by atoms with E-state index in [0.29, 0.717) is 0 Å². The molecule has 1 atom stereocenters. The van der Waals surface area contributed by atoms with Crippen LogP contribution < -0.4 is 5.32 Å². The third-order valence-corrected chi connectivity index (χ3v) is 4.68. The first-order valence-corrected chi connectivity index (χ1v) is 8.19. The van der Waals surface area contributed by atoms with Crippen molar-refractivity contribution in [1.29, 1.82) is 0 Å². The molecule has 1 N–H and O–H groups in total. The van der Waals surface area contributed by atoms with Gasteiger partial charge >= 0.3 is 0 Å². The molecular weight excluding hydrogens is 337 g/mol. The number of halogens is 2. The van der Waals surface area contributed by atoms with E-state index in [-0.39, 0.29) is 11.9 Å². The van der Waals surface area contributed by atoms with Crippen LogP contribution in [-0.4, -0.2) is 12.8 Å². The Morgan fingerprint density at radius 1 is 1.20 bits per heavy atom. The molecule has 106 valence electrons. The molecule has 0 heterocycles. The Labute approximate surface area is 132 Å². The van der Waals surface area contributed by atoms with Crippen LogP contribution in [0.4, 0.5) is 4.39 Å². The third-order valence-electron chi connectivity index (χ3n) is 3.05. The van der Waals surface area contributed by atoms with Gasteiger partial charge < -0.3 is 5.32 Å². The van der Waals surface area contributed by atoms with Gasteiger partial charge in [-0.2, -0.15) is 0 Å². The molecule has 0 fully saturated rings. The molecule has 0 aliphatic carbocycles. The minimum atomic E-state index is -0.172. The molecule has 0 saturated heterocycles. The van der Waals surface area contributed by atoms with Crippen molar-refractivity contribution in [3.8, 4) is 0 Å². The molecule has 0 amide bonds. The number of rotatable bonds is 5.